The third-order valence-corrected chi connectivity index (χ3v) is 5.10. The maximum atomic E-state index is 13.8. The average molecular weight is 286 g/mol. The lowest BCUT2D eigenvalue weighted by atomic mass is 10.3. The van der Waals surface area contributed by atoms with Gasteiger partial charge in [-0.05, 0) is 43.4 Å². The molecule has 0 radical (unpaired) electrons. The molecule has 0 amide bonds. The van der Waals surface area contributed by atoms with Crippen molar-refractivity contribution in [1.29, 1.82) is 0 Å². The van der Waals surface area contributed by atoms with Crippen LogP contribution in [0.15, 0.2) is 23.1 Å². The molecule has 4 nitrogen and oxygen atoms in total. The summed E-state index contributed by atoms with van der Waals surface area (Å²) in [6.45, 7) is 2.82. The first-order chi connectivity index (χ1) is 8.95. The molecule has 0 unspecified atom stereocenters. The number of benzene rings is 1. The molecule has 0 heterocycles. The van der Waals surface area contributed by atoms with Gasteiger partial charge in [-0.3, -0.25) is 0 Å². The van der Waals surface area contributed by atoms with Crippen LogP contribution in [0.25, 0.3) is 0 Å². The smallest absolute Gasteiger partial charge is 0.245 e. The molecule has 1 aromatic carbocycles. The first kappa shape index (κ1) is 14.3. The molecule has 0 aromatic heterocycles. The largest absolute Gasteiger partial charge is 0.399 e. The van der Waals surface area contributed by atoms with Crippen LogP contribution in [0.4, 0.5) is 10.1 Å². The Morgan fingerprint density at radius 3 is 2.63 bits per heavy atom. The van der Waals surface area contributed by atoms with Crippen LogP contribution in [0, 0.1) is 11.7 Å². The van der Waals surface area contributed by atoms with Crippen molar-refractivity contribution < 1.29 is 12.8 Å². The Morgan fingerprint density at radius 1 is 1.42 bits per heavy atom. The lowest BCUT2D eigenvalue weighted by Gasteiger charge is -2.21. The molecule has 106 valence electrons. The van der Waals surface area contributed by atoms with Gasteiger partial charge in [-0.1, -0.05) is 6.92 Å². The predicted molar refractivity (Wildman–Crippen MR) is 72.6 cm³/mol. The van der Waals surface area contributed by atoms with Crippen LogP contribution in [0.1, 0.15) is 26.2 Å². The molecule has 1 fully saturated rings. The Balaban J connectivity index is 2.31. The lowest BCUT2D eigenvalue weighted by molar-refractivity contribution is 0.393. The molecule has 19 heavy (non-hydrogen) atoms. The molecule has 0 aliphatic heterocycles. The highest BCUT2D eigenvalue weighted by atomic mass is 32.2. The van der Waals surface area contributed by atoms with E-state index in [0.717, 1.165) is 18.9 Å². The fourth-order valence-corrected chi connectivity index (χ4v) is 3.67. The van der Waals surface area contributed by atoms with Gasteiger partial charge in [0.05, 0.1) is 0 Å². The topological polar surface area (TPSA) is 63.4 Å². The standard InChI is InChI=1S/C13H19FN2O2S/c1-2-7-16(9-10-3-4-10)19(17,18)13-6-5-11(15)8-12(13)14/h5-6,8,10H,2-4,7,9,15H2,1H3. The molecule has 2 rings (SSSR count). The normalized spacial score (nSPS) is 15.9. The van der Waals surface area contributed by atoms with E-state index in [1.54, 1.807) is 0 Å². The van der Waals surface area contributed by atoms with Crippen LogP contribution in [-0.2, 0) is 10.0 Å². The number of nitrogen functional groups attached to an aromatic ring is 1. The summed E-state index contributed by atoms with van der Waals surface area (Å²) in [6, 6.07) is 3.71. The van der Waals surface area contributed by atoms with Crippen LogP contribution < -0.4 is 5.73 Å². The quantitative estimate of drug-likeness (QED) is 0.816. The predicted octanol–water partition coefficient (Wildman–Crippen LogP) is 2.22. The Labute approximate surface area is 113 Å². The summed E-state index contributed by atoms with van der Waals surface area (Å²) in [6.07, 6.45) is 2.82. The molecule has 6 heteroatoms. The van der Waals surface area contributed by atoms with Crippen molar-refractivity contribution in [2.45, 2.75) is 31.1 Å². The molecule has 1 aromatic rings. The van der Waals surface area contributed by atoms with Crippen molar-refractivity contribution in [2.24, 2.45) is 5.92 Å². The first-order valence-electron chi connectivity index (χ1n) is 6.50. The SMILES string of the molecule is CCCN(CC1CC1)S(=O)(=O)c1ccc(N)cc1F. The summed E-state index contributed by atoms with van der Waals surface area (Å²) in [7, 11) is -3.76. The van der Waals surface area contributed by atoms with Crippen LogP contribution in [-0.4, -0.2) is 25.8 Å². The maximum Gasteiger partial charge on any atom is 0.245 e. The highest BCUT2D eigenvalue weighted by Gasteiger charge is 2.32. The number of hydrogen-bond donors (Lipinski definition) is 1. The van der Waals surface area contributed by atoms with E-state index < -0.39 is 15.8 Å². The number of nitrogens with two attached hydrogens (primary N) is 1. The summed E-state index contributed by atoms with van der Waals surface area (Å²) in [5.74, 6) is -0.352. The van der Waals surface area contributed by atoms with Crippen LogP contribution in [0.5, 0.6) is 0 Å². The monoisotopic (exact) mass is 286 g/mol. The second kappa shape index (κ2) is 5.46. The zero-order valence-corrected chi connectivity index (χ0v) is 11.8. The van der Waals surface area contributed by atoms with Gasteiger partial charge in [-0.25, -0.2) is 12.8 Å². The zero-order valence-electron chi connectivity index (χ0n) is 11.0. The van der Waals surface area contributed by atoms with Gasteiger partial charge >= 0.3 is 0 Å². The molecule has 1 aliphatic carbocycles. The minimum atomic E-state index is -3.76. The Kier molecular flexibility index (Phi) is 4.10. The summed E-state index contributed by atoms with van der Waals surface area (Å²) in [4.78, 5) is -0.282. The third-order valence-electron chi connectivity index (χ3n) is 3.21. The molecule has 0 spiro atoms. The van der Waals surface area contributed by atoms with Crippen LogP contribution in [0.3, 0.4) is 0 Å². The summed E-state index contributed by atoms with van der Waals surface area (Å²) < 4.78 is 40.1. The Bertz CT molecular complexity index is 556. The summed E-state index contributed by atoms with van der Waals surface area (Å²) >= 11 is 0. The van der Waals surface area contributed by atoms with E-state index >= 15 is 0 Å². The molecule has 2 N–H and O–H groups in total. The van der Waals surface area contributed by atoms with Gasteiger partial charge in [0, 0.05) is 18.8 Å². The number of sulfonamides is 1. The van der Waals surface area contributed by atoms with Gasteiger partial charge in [0.25, 0.3) is 0 Å². The van der Waals surface area contributed by atoms with Crippen molar-refractivity contribution in [3.63, 3.8) is 0 Å². The molecule has 0 bridgehead atoms. The minimum Gasteiger partial charge on any atom is -0.399 e. The van der Waals surface area contributed by atoms with E-state index in [1.807, 2.05) is 6.92 Å². The summed E-state index contributed by atoms with van der Waals surface area (Å²) in [5, 5.41) is 0. The van der Waals surface area contributed by atoms with Crippen LogP contribution in [0.2, 0.25) is 0 Å². The highest BCUT2D eigenvalue weighted by Crippen LogP contribution is 2.32. The van der Waals surface area contributed by atoms with E-state index in [-0.39, 0.29) is 10.6 Å². The average Bonchev–Trinajstić information content (AvgIpc) is 3.11. The molecular formula is C13H19FN2O2S. The second-order valence-electron chi connectivity index (χ2n) is 5.00. The van der Waals surface area contributed by atoms with Gasteiger partial charge in [0.1, 0.15) is 10.7 Å². The molecule has 0 saturated heterocycles. The zero-order chi connectivity index (χ0) is 14.0. The Hall–Kier alpha value is -1.14. The van der Waals surface area contributed by atoms with Gasteiger partial charge in [0.15, 0.2) is 0 Å². The molecule has 0 atom stereocenters. The lowest BCUT2D eigenvalue weighted by Crippen LogP contribution is -2.34. The molecular weight excluding hydrogens is 267 g/mol. The first-order valence-corrected chi connectivity index (χ1v) is 7.94. The second-order valence-corrected chi connectivity index (χ2v) is 6.90. The molecule has 1 saturated carbocycles. The number of rotatable bonds is 6. The maximum absolute atomic E-state index is 13.8. The Morgan fingerprint density at radius 2 is 2.11 bits per heavy atom. The van der Waals surface area contributed by atoms with Gasteiger partial charge in [0.2, 0.25) is 10.0 Å². The van der Waals surface area contributed by atoms with Gasteiger partial charge < -0.3 is 5.73 Å². The van der Waals surface area contributed by atoms with Crippen molar-refractivity contribution in [2.75, 3.05) is 18.8 Å². The third kappa shape index (κ3) is 3.25. The van der Waals surface area contributed by atoms with Crippen molar-refractivity contribution >= 4 is 15.7 Å². The summed E-state index contributed by atoms with van der Waals surface area (Å²) in [5.41, 5.74) is 5.67. The van der Waals surface area contributed by atoms with E-state index in [0.29, 0.717) is 25.4 Å². The van der Waals surface area contributed by atoms with E-state index in [4.69, 9.17) is 5.73 Å². The highest BCUT2D eigenvalue weighted by molar-refractivity contribution is 7.89. The van der Waals surface area contributed by atoms with Gasteiger partial charge in [-0.15, -0.1) is 0 Å². The van der Waals surface area contributed by atoms with E-state index in [9.17, 15) is 12.8 Å². The van der Waals surface area contributed by atoms with Crippen molar-refractivity contribution in [3.05, 3.63) is 24.0 Å². The number of anilines is 1. The number of halogens is 1. The fraction of sp³-hybridized carbons (Fsp3) is 0.538. The number of nitrogens with zero attached hydrogens (tertiary/aromatic N) is 1. The van der Waals surface area contributed by atoms with Crippen LogP contribution >= 0.6 is 0 Å². The molecule has 1 aliphatic rings. The fourth-order valence-electron chi connectivity index (χ4n) is 2.01. The number of hydrogen-bond acceptors (Lipinski definition) is 3. The van der Waals surface area contributed by atoms with E-state index in [2.05, 4.69) is 0 Å². The van der Waals surface area contributed by atoms with Crippen molar-refractivity contribution in [1.82, 2.24) is 4.31 Å². The van der Waals surface area contributed by atoms with Gasteiger partial charge in [-0.2, -0.15) is 4.31 Å². The van der Waals surface area contributed by atoms with E-state index in [1.165, 1.54) is 16.4 Å². The minimum absolute atomic E-state index is 0.223. The van der Waals surface area contributed by atoms with Crippen molar-refractivity contribution in [3.8, 4) is 0 Å².